The van der Waals surface area contributed by atoms with Crippen LogP contribution in [-0.2, 0) is 7.05 Å². The summed E-state index contributed by atoms with van der Waals surface area (Å²) in [5.74, 6) is 0.0530. The average molecular weight is 247 g/mol. The van der Waals surface area contributed by atoms with Crippen molar-refractivity contribution in [1.29, 1.82) is 5.41 Å². The van der Waals surface area contributed by atoms with Crippen molar-refractivity contribution in [2.45, 2.75) is 17.1 Å². The van der Waals surface area contributed by atoms with Crippen molar-refractivity contribution in [2.24, 2.45) is 12.8 Å². The van der Waals surface area contributed by atoms with Crippen LogP contribution in [0.2, 0.25) is 0 Å². The summed E-state index contributed by atoms with van der Waals surface area (Å²) >= 11 is 1.46. The van der Waals surface area contributed by atoms with E-state index in [1.165, 1.54) is 11.8 Å². The van der Waals surface area contributed by atoms with Gasteiger partial charge in [-0.25, -0.2) is 9.97 Å². The molecule has 2 rings (SSSR count). The van der Waals surface area contributed by atoms with Crippen molar-refractivity contribution >= 4 is 17.6 Å². The van der Waals surface area contributed by atoms with Crippen LogP contribution >= 0.6 is 11.8 Å². The Morgan fingerprint density at radius 3 is 2.82 bits per heavy atom. The van der Waals surface area contributed by atoms with E-state index in [0.717, 1.165) is 15.9 Å². The molecule has 0 radical (unpaired) electrons. The maximum atomic E-state index is 7.44. The van der Waals surface area contributed by atoms with Gasteiger partial charge in [-0.05, 0) is 30.8 Å². The van der Waals surface area contributed by atoms with E-state index in [9.17, 15) is 0 Å². The van der Waals surface area contributed by atoms with E-state index >= 15 is 0 Å². The van der Waals surface area contributed by atoms with Gasteiger partial charge < -0.3 is 10.3 Å². The molecular weight excluding hydrogens is 234 g/mol. The zero-order chi connectivity index (χ0) is 12.4. The van der Waals surface area contributed by atoms with Gasteiger partial charge in [0.2, 0.25) is 0 Å². The van der Waals surface area contributed by atoms with E-state index in [4.69, 9.17) is 11.1 Å². The van der Waals surface area contributed by atoms with Gasteiger partial charge in [-0.15, -0.1) is 0 Å². The van der Waals surface area contributed by atoms with E-state index in [2.05, 4.69) is 9.97 Å². The molecule has 0 bridgehead atoms. The SMILES string of the molecule is Cc1cc(C(=N)N)cc(Sc2nccn2C)n1. The largest absolute Gasteiger partial charge is 0.384 e. The van der Waals surface area contributed by atoms with Gasteiger partial charge >= 0.3 is 0 Å². The van der Waals surface area contributed by atoms with Crippen LogP contribution in [0.1, 0.15) is 11.3 Å². The Bertz CT molecular complexity index is 561. The first kappa shape index (κ1) is 11.7. The lowest BCUT2D eigenvalue weighted by Crippen LogP contribution is -2.11. The monoisotopic (exact) mass is 247 g/mol. The van der Waals surface area contributed by atoms with Crippen LogP contribution in [0.4, 0.5) is 0 Å². The first-order valence-corrected chi connectivity index (χ1v) is 5.86. The van der Waals surface area contributed by atoms with Crippen LogP contribution in [0, 0.1) is 12.3 Å². The molecule has 2 aromatic heterocycles. The summed E-state index contributed by atoms with van der Waals surface area (Å²) in [6.45, 7) is 1.88. The van der Waals surface area contributed by atoms with Gasteiger partial charge in [0, 0.05) is 30.7 Å². The van der Waals surface area contributed by atoms with Crippen molar-refractivity contribution in [2.75, 3.05) is 0 Å². The molecule has 17 heavy (non-hydrogen) atoms. The van der Waals surface area contributed by atoms with Gasteiger partial charge in [0.25, 0.3) is 0 Å². The zero-order valence-electron chi connectivity index (χ0n) is 9.64. The number of nitrogens with zero attached hydrogens (tertiary/aromatic N) is 3. The Hall–Kier alpha value is -1.82. The molecule has 0 amide bonds. The summed E-state index contributed by atoms with van der Waals surface area (Å²) in [6, 6.07) is 3.60. The number of hydrogen-bond acceptors (Lipinski definition) is 4. The van der Waals surface area contributed by atoms with Gasteiger partial charge in [0.05, 0.1) is 0 Å². The maximum absolute atomic E-state index is 7.44. The molecule has 88 valence electrons. The van der Waals surface area contributed by atoms with E-state index < -0.39 is 0 Å². The highest BCUT2D eigenvalue weighted by molar-refractivity contribution is 7.99. The molecule has 0 unspecified atom stereocenters. The average Bonchev–Trinajstić information content (AvgIpc) is 2.63. The van der Waals surface area contributed by atoms with Gasteiger partial charge in [0.1, 0.15) is 10.9 Å². The Balaban J connectivity index is 2.33. The molecule has 0 aromatic carbocycles. The van der Waals surface area contributed by atoms with E-state index in [1.54, 1.807) is 18.3 Å². The third-order valence-electron chi connectivity index (χ3n) is 2.21. The first-order valence-electron chi connectivity index (χ1n) is 5.04. The number of hydrogen-bond donors (Lipinski definition) is 2. The Kier molecular flexibility index (Phi) is 3.14. The molecule has 3 N–H and O–H groups in total. The minimum atomic E-state index is 0.0530. The van der Waals surface area contributed by atoms with Crippen molar-refractivity contribution in [3.05, 3.63) is 35.8 Å². The standard InChI is InChI=1S/C11H13N5S/c1-7-5-8(10(12)13)6-9(15-7)17-11-14-3-4-16(11)2/h3-6H,1-2H3,(H3,12,13). The lowest BCUT2D eigenvalue weighted by atomic mass is 10.2. The summed E-state index contributed by atoms with van der Waals surface area (Å²) < 4.78 is 1.92. The molecule has 0 fully saturated rings. The summed E-state index contributed by atoms with van der Waals surface area (Å²) in [6.07, 6.45) is 3.62. The topological polar surface area (TPSA) is 80.6 Å². The second-order valence-electron chi connectivity index (χ2n) is 3.67. The molecule has 0 aliphatic carbocycles. The number of aromatic nitrogens is 3. The molecule has 6 heteroatoms. The third kappa shape index (κ3) is 2.65. The highest BCUT2D eigenvalue weighted by Crippen LogP contribution is 2.24. The predicted octanol–water partition coefficient (Wildman–Crippen LogP) is 1.56. The fraction of sp³-hybridized carbons (Fsp3) is 0.182. The fourth-order valence-electron chi connectivity index (χ4n) is 1.39. The molecule has 0 aliphatic heterocycles. The smallest absolute Gasteiger partial charge is 0.174 e. The molecule has 0 spiro atoms. The molecular formula is C11H13N5S. The van der Waals surface area contributed by atoms with Gasteiger partial charge in [-0.3, -0.25) is 5.41 Å². The van der Waals surface area contributed by atoms with Crippen molar-refractivity contribution in [3.8, 4) is 0 Å². The number of amidine groups is 1. The predicted molar refractivity (Wildman–Crippen MR) is 67.3 cm³/mol. The van der Waals surface area contributed by atoms with Crippen molar-refractivity contribution in [1.82, 2.24) is 14.5 Å². The Labute approximate surface area is 104 Å². The van der Waals surface area contributed by atoms with Crippen LogP contribution in [0.15, 0.2) is 34.7 Å². The summed E-state index contributed by atoms with van der Waals surface area (Å²) in [4.78, 5) is 8.61. The molecule has 0 saturated heterocycles. The Morgan fingerprint density at radius 2 is 2.24 bits per heavy atom. The van der Waals surface area contributed by atoms with Gasteiger partial charge in [-0.1, -0.05) is 0 Å². The minimum absolute atomic E-state index is 0.0530. The van der Waals surface area contributed by atoms with Crippen molar-refractivity contribution < 1.29 is 0 Å². The lowest BCUT2D eigenvalue weighted by molar-refractivity contribution is 0.788. The van der Waals surface area contributed by atoms with Gasteiger partial charge in [-0.2, -0.15) is 0 Å². The highest BCUT2D eigenvalue weighted by atomic mass is 32.2. The van der Waals surface area contributed by atoms with Crippen LogP contribution in [0.3, 0.4) is 0 Å². The Morgan fingerprint density at radius 1 is 1.47 bits per heavy atom. The number of nitrogens with one attached hydrogen (secondary N) is 1. The molecule has 2 aromatic rings. The van der Waals surface area contributed by atoms with Crippen molar-refractivity contribution in [3.63, 3.8) is 0 Å². The molecule has 2 heterocycles. The van der Waals surface area contributed by atoms with E-state index in [0.29, 0.717) is 5.56 Å². The summed E-state index contributed by atoms with van der Waals surface area (Å²) in [7, 11) is 1.93. The van der Waals surface area contributed by atoms with Crippen LogP contribution in [0.5, 0.6) is 0 Å². The molecule has 0 saturated carbocycles. The summed E-state index contributed by atoms with van der Waals surface area (Å²) in [5, 5.41) is 9.10. The number of imidazole rings is 1. The number of rotatable bonds is 3. The molecule has 0 aliphatic rings. The van der Waals surface area contributed by atoms with Crippen LogP contribution < -0.4 is 5.73 Å². The van der Waals surface area contributed by atoms with Crippen LogP contribution in [0.25, 0.3) is 0 Å². The third-order valence-corrected chi connectivity index (χ3v) is 3.21. The maximum Gasteiger partial charge on any atom is 0.174 e. The first-order chi connectivity index (χ1) is 8.06. The van der Waals surface area contributed by atoms with E-state index in [1.807, 2.05) is 24.7 Å². The van der Waals surface area contributed by atoms with Gasteiger partial charge in [0.15, 0.2) is 5.16 Å². The number of aryl methyl sites for hydroxylation is 2. The van der Waals surface area contributed by atoms with E-state index in [-0.39, 0.29) is 5.84 Å². The quantitative estimate of drug-likeness (QED) is 0.637. The summed E-state index contributed by atoms with van der Waals surface area (Å²) in [5.41, 5.74) is 7.01. The minimum Gasteiger partial charge on any atom is -0.384 e. The number of pyridine rings is 1. The fourth-order valence-corrected chi connectivity index (χ4v) is 2.27. The highest BCUT2D eigenvalue weighted by Gasteiger charge is 2.07. The van der Waals surface area contributed by atoms with Crippen LogP contribution in [-0.4, -0.2) is 20.4 Å². The number of nitrogens with two attached hydrogens (primary N) is 1. The lowest BCUT2D eigenvalue weighted by Gasteiger charge is -2.05. The normalized spacial score (nSPS) is 10.5. The molecule has 0 atom stereocenters. The zero-order valence-corrected chi connectivity index (χ0v) is 10.5. The second kappa shape index (κ2) is 4.58. The number of nitrogen functional groups attached to an aromatic ring is 1. The molecule has 5 nitrogen and oxygen atoms in total. The second-order valence-corrected chi connectivity index (χ2v) is 4.66.